The topological polar surface area (TPSA) is 63.2 Å². The van der Waals surface area contributed by atoms with Crippen molar-refractivity contribution in [3.63, 3.8) is 0 Å². The van der Waals surface area contributed by atoms with Gasteiger partial charge >= 0.3 is 0 Å². The Labute approximate surface area is 140 Å². The minimum atomic E-state index is -0.117. The summed E-state index contributed by atoms with van der Waals surface area (Å²) < 4.78 is 5.66. The molecule has 5 nitrogen and oxygen atoms in total. The fraction of sp³-hybridized carbons (Fsp3) is 0.294. The molecule has 2 heterocycles. The van der Waals surface area contributed by atoms with E-state index < -0.39 is 0 Å². The molecule has 0 saturated carbocycles. The van der Waals surface area contributed by atoms with Crippen molar-refractivity contribution in [2.75, 3.05) is 11.9 Å². The first kappa shape index (κ1) is 15.8. The number of nitrogens with one attached hydrogen (secondary N) is 2. The molecule has 1 fully saturated rings. The minimum Gasteiger partial charge on any atom is -0.486 e. The molecule has 2 N–H and O–H groups in total. The first-order chi connectivity index (χ1) is 11.2. The number of aromatic nitrogens is 1. The lowest BCUT2D eigenvalue weighted by Gasteiger charge is -2.13. The quantitative estimate of drug-likeness (QED) is 0.884. The van der Waals surface area contributed by atoms with Crippen LogP contribution in [0.3, 0.4) is 0 Å². The first-order valence-corrected chi connectivity index (χ1v) is 7.97. The Kier molecular flexibility index (Phi) is 5.10. The Bertz CT molecular complexity index is 673. The smallest absolute Gasteiger partial charge is 0.241 e. The molecule has 0 bridgehead atoms. The van der Waals surface area contributed by atoms with Crippen LogP contribution in [0.15, 0.2) is 42.6 Å². The summed E-state index contributed by atoms with van der Waals surface area (Å²) in [5, 5.41) is 6.49. The summed E-state index contributed by atoms with van der Waals surface area (Å²) in [6, 6.07) is 10.8. The number of benzene rings is 1. The average Bonchev–Trinajstić information content (AvgIpc) is 3.10. The summed E-state index contributed by atoms with van der Waals surface area (Å²) in [7, 11) is 0. The number of hydrogen-bond donors (Lipinski definition) is 2. The van der Waals surface area contributed by atoms with E-state index in [1.165, 1.54) is 0 Å². The van der Waals surface area contributed by atoms with Gasteiger partial charge in [-0.05, 0) is 49.7 Å². The normalized spacial score (nSPS) is 17.0. The van der Waals surface area contributed by atoms with Crippen LogP contribution >= 0.6 is 11.6 Å². The molecule has 1 aliphatic rings. The van der Waals surface area contributed by atoms with Gasteiger partial charge in [-0.15, -0.1) is 0 Å². The van der Waals surface area contributed by atoms with Crippen molar-refractivity contribution in [2.45, 2.75) is 25.5 Å². The fourth-order valence-electron chi connectivity index (χ4n) is 2.47. The number of amides is 1. The van der Waals surface area contributed by atoms with Crippen LogP contribution in [0.4, 0.5) is 5.69 Å². The van der Waals surface area contributed by atoms with Crippen LogP contribution in [0.25, 0.3) is 0 Å². The lowest BCUT2D eigenvalue weighted by atomic mass is 10.2. The summed E-state index contributed by atoms with van der Waals surface area (Å²) in [5.41, 5.74) is 1.49. The molecular formula is C17H18ClN3O2. The third-order valence-electron chi connectivity index (χ3n) is 3.68. The minimum absolute atomic E-state index is 0.0271. The monoisotopic (exact) mass is 331 g/mol. The molecule has 6 heteroatoms. The summed E-state index contributed by atoms with van der Waals surface area (Å²) in [6.07, 6.45) is 3.61. The van der Waals surface area contributed by atoms with Crippen LogP contribution in [0.1, 0.15) is 18.5 Å². The van der Waals surface area contributed by atoms with E-state index >= 15 is 0 Å². The van der Waals surface area contributed by atoms with Gasteiger partial charge < -0.3 is 15.4 Å². The maximum Gasteiger partial charge on any atom is 0.241 e. The van der Waals surface area contributed by atoms with Gasteiger partial charge in [-0.1, -0.05) is 17.7 Å². The van der Waals surface area contributed by atoms with E-state index in [4.69, 9.17) is 16.3 Å². The number of anilines is 1. The van der Waals surface area contributed by atoms with E-state index in [0.29, 0.717) is 23.1 Å². The van der Waals surface area contributed by atoms with Gasteiger partial charge in [0.05, 0.1) is 16.8 Å². The van der Waals surface area contributed by atoms with Crippen molar-refractivity contribution in [3.8, 4) is 5.75 Å². The van der Waals surface area contributed by atoms with Crippen LogP contribution in [0.5, 0.6) is 5.75 Å². The van der Waals surface area contributed by atoms with Crippen LogP contribution in [0.2, 0.25) is 5.02 Å². The largest absolute Gasteiger partial charge is 0.486 e. The number of halogens is 1. The molecule has 2 aromatic rings. The van der Waals surface area contributed by atoms with Gasteiger partial charge in [0, 0.05) is 11.9 Å². The van der Waals surface area contributed by atoms with Gasteiger partial charge in [-0.25, -0.2) is 0 Å². The van der Waals surface area contributed by atoms with Crippen molar-refractivity contribution in [1.29, 1.82) is 0 Å². The predicted octanol–water partition coefficient (Wildman–Crippen LogP) is 3.00. The van der Waals surface area contributed by atoms with Crippen molar-refractivity contribution in [3.05, 3.63) is 53.3 Å². The van der Waals surface area contributed by atoms with Gasteiger partial charge in [0.2, 0.25) is 5.91 Å². The maximum absolute atomic E-state index is 12.1. The van der Waals surface area contributed by atoms with E-state index in [9.17, 15) is 4.79 Å². The summed E-state index contributed by atoms with van der Waals surface area (Å²) >= 11 is 6.23. The number of carbonyl (C=O) groups is 1. The molecule has 1 amide bonds. The Morgan fingerprint density at radius 1 is 1.39 bits per heavy atom. The second-order valence-corrected chi connectivity index (χ2v) is 5.80. The summed E-state index contributed by atoms with van der Waals surface area (Å²) in [6.45, 7) is 1.23. The van der Waals surface area contributed by atoms with E-state index in [-0.39, 0.29) is 11.9 Å². The van der Waals surface area contributed by atoms with Gasteiger partial charge in [-0.3, -0.25) is 9.78 Å². The second kappa shape index (κ2) is 7.44. The molecule has 1 saturated heterocycles. The zero-order chi connectivity index (χ0) is 16.1. The van der Waals surface area contributed by atoms with Crippen LogP contribution in [-0.2, 0) is 11.4 Å². The highest BCUT2D eigenvalue weighted by molar-refractivity contribution is 6.32. The highest BCUT2D eigenvalue weighted by Gasteiger charge is 2.22. The second-order valence-electron chi connectivity index (χ2n) is 5.39. The molecule has 3 rings (SSSR count). The zero-order valence-electron chi connectivity index (χ0n) is 12.6. The number of carbonyl (C=O) groups excluding carboxylic acids is 1. The van der Waals surface area contributed by atoms with Gasteiger partial charge in [-0.2, -0.15) is 0 Å². The van der Waals surface area contributed by atoms with Gasteiger partial charge in [0.25, 0.3) is 0 Å². The fourth-order valence-corrected chi connectivity index (χ4v) is 2.70. The van der Waals surface area contributed by atoms with Crippen molar-refractivity contribution in [2.24, 2.45) is 0 Å². The zero-order valence-corrected chi connectivity index (χ0v) is 13.3. The predicted molar refractivity (Wildman–Crippen MR) is 89.7 cm³/mol. The van der Waals surface area contributed by atoms with Crippen LogP contribution in [0, 0.1) is 0 Å². The Hall–Kier alpha value is -2.11. The first-order valence-electron chi connectivity index (χ1n) is 7.59. The third-order valence-corrected chi connectivity index (χ3v) is 3.97. The van der Waals surface area contributed by atoms with E-state index in [1.807, 2.05) is 18.2 Å². The molecule has 1 unspecified atom stereocenters. The van der Waals surface area contributed by atoms with Crippen LogP contribution in [-0.4, -0.2) is 23.5 Å². The molecule has 120 valence electrons. The van der Waals surface area contributed by atoms with E-state index in [1.54, 1.807) is 24.4 Å². The number of nitrogens with zero attached hydrogens (tertiary/aromatic N) is 1. The average molecular weight is 332 g/mol. The molecule has 23 heavy (non-hydrogen) atoms. The molecule has 1 aromatic heterocycles. The summed E-state index contributed by atoms with van der Waals surface area (Å²) in [5.74, 6) is 0.537. The standard InChI is InChI=1S/C17H18ClN3O2/c18-14-10-12(21-17(22)15-5-3-9-20-15)6-7-16(14)23-11-13-4-1-2-8-19-13/h1-2,4,6-8,10,15,20H,3,5,9,11H2,(H,21,22). The van der Waals surface area contributed by atoms with Gasteiger partial charge in [0.15, 0.2) is 0 Å². The molecule has 0 spiro atoms. The van der Waals surface area contributed by atoms with E-state index in [2.05, 4.69) is 15.6 Å². The van der Waals surface area contributed by atoms with Crippen LogP contribution < -0.4 is 15.4 Å². The number of rotatable bonds is 5. The molecule has 0 aliphatic carbocycles. The molecule has 0 radical (unpaired) electrons. The highest BCUT2D eigenvalue weighted by Crippen LogP contribution is 2.28. The van der Waals surface area contributed by atoms with Crippen molar-refractivity contribution < 1.29 is 9.53 Å². The molecule has 1 aliphatic heterocycles. The Morgan fingerprint density at radius 2 is 2.30 bits per heavy atom. The Balaban J connectivity index is 1.60. The Morgan fingerprint density at radius 3 is 3.00 bits per heavy atom. The van der Waals surface area contributed by atoms with Crippen molar-refractivity contribution in [1.82, 2.24) is 10.3 Å². The van der Waals surface area contributed by atoms with E-state index in [0.717, 1.165) is 25.1 Å². The number of hydrogen-bond acceptors (Lipinski definition) is 4. The molecule has 1 atom stereocenters. The lowest BCUT2D eigenvalue weighted by molar-refractivity contribution is -0.117. The highest BCUT2D eigenvalue weighted by atomic mass is 35.5. The SMILES string of the molecule is O=C(Nc1ccc(OCc2ccccn2)c(Cl)c1)C1CCCN1. The third kappa shape index (κ3) is 4.21. The van der Waals surface area contributed by atoms with Crippen molar-refractivity contribution >= 4 is 23.2 Å². The number of ether oxygens (including phenoxy) is 1. The number of pyridine rings is 1. The molecule has 1 aromatic carbocycles. The summed E-state index contributed by atoms with van der Waals surface area (Å²) in [4.78, 5) is 16.3. The maximum atomic E-state index is 12.1. The van der Waals surface area contributed by atoms with Gasteiger partial charge in [0.1, 0.15) is 12.4 Å². The molecular weight excluding hydrogens is 314 g/mol. The lowest BCUT2D eigenvalue weighted by Crippen LogP contribution is -2.35.